The van der Waals surface area contributed by atoms with E-state index in [0.29, 0.717) is 5.69 Å². The smallest absolute Gasteiger partial charge is 0.260 e. The average Bonchev–Trinajstić information content (AvgIpc) is 2.77. The molecule has 0 radical (unpaired) electrons. The Hall–Kier alpha value is -1.05. The van der Waals surface area contributed by atoms with E-state index in [1.54, 1.807) is 6.92 Å². The Kier molecular flexibility index (Phi) is 4.23. The van der Waals surface area contributed by atoms with E-state index in [0.717, 1.165) is 38.7 Å². The third-order valence-electron chi connectivity index (χ3n) is 5.03. The standard InChI is InChI=1S/C16H25N3O3S/c1-12-14(18-9-8-17-12)23(20,21)19-13-4-6-16(7-5-13)10-15(2,3)22-11-16/h8-9,13,19H,4-7,10-11H2,1-3H3. The van der Waals surface area contributed by atoms with Crippen LogP contribution < -0.4 is 4.72 Å². The molecule has 0 aromatic carbocycles. The number of sulfonamides is 1. The van der Waals surface area contributed by atoms with Gasteiger partial charge in [0, 0.05) is 18.4 Å². The summed E-state index contributed by atoms with van der Waals surface area (Å²) in [5.41, 5.74) is 0.606. The first-order valence-electron chi connectivity index (χ1n) is 8.15. The summed E-state index contributed by atoms with van der Waals surface area (Å²) in [7, 11) is -3.60. The minimum atomic E-state index is -3.60. The van der Waals surface area contributed by atoms with E-state index < -0.39 is 10.0 Å². The van der Waals surface area contributed by atoms with Crippen molar-refractivity contribution in [2.45, 2.75) is 69.5 Å². The fourth-order valence-corrected chi connectivity index (χ4v) is 5.38. The summed E-state index contributed by atoms with van der Waals surface area (Å²) in [4.78, 5) is 7.99. The number of ether oxygens (including phenoxy) is 1. The van der Waals surface area contributed by atoms with Gasteiger partial charge in [-0.1, -0.05) is 0 Å². The molecule has 3 rings (SSSR count). The second-order valence-corrected chi connectivity index (χ2v) is 9.20. The molecule has 1 spiro atoms. The third-order valence-corrected chi connectivity index (χ3v) is 6.58. The molecule has 128 valence electrons. The van der Waals surface area contributed by atoms with Crippen LogP contribution >= 0.6 is 0 Å². The topological polar surface area (TPSA) is 81.2 Å². The van der Waals surface area contributed by atoms with Gasteiger partial charge in [-0.05, 0) is 58.3 Å². The van der Waals surface area contributed by atoms with Crippen molar-refractivity contribution in [2.75, 3.05) is 6.61 Å². The Labute approximate surface area is 138 Å². The van der Waals surface area contributed by atoms with Gasteiger partial charge >= 0.3 is 0 Å². The number of nitrogens with one attached hydrogen (secondary N) is 1. The third kappa shape index (κ3) is 3.56. The summed E-state index contributed by atoms with van der Waals surface area (Å²) in [6.07, 6.45) is 7.67. The monoisotopic (exact) mass is 339 g/mol. The number of hydrogen-bond donors (Lipinski definition) is 1. The molecule has 1 saturated carbocycles. The summed E-state index contributed by atoms with van der Waals surface area (Å²) in [6.45, 7) is 6.72. The van der Waals surface area contributed by atoms with E-state index in [2.05, 4.69) is 28.5 Å². The molecule has 1 N–H and O–H groups in total. The van der Waals surface area contributed by atoms with Crippen LogP contribution in [-0.2, 0) is 14.8 Å². The number of hydrogen-bond acceptors (Lipinski definition) is 5. The Bertz CT molecular complexity index is 680. The fraction of sp³-hybridized carbons (Fsp3) is 0.750. The molecule has 7 heteroatoms. The van der Waals surface area contributed by atoms with Crippen molar-refractivity contribution < 1.29 is 13.2 Å². The van der Waals surface area contributed by atoms with Crippen LogP contribution in [0.5, 0.6) is 0 Å². The summed E-state index contributed by atoms with van der Waals surface area (Å²) in [5, 5.41) is 0.0330. The van der Waals surface area contributed by atoms with Crippen LogP contribution in [0.4, 0.5) is 0 Å². The molecule has 1 aromatic heterocycles. The first-order valence-corrected chi connectivity index (χ1v) is 9.64. The molecule has 1 aliphatic carbocycles. The molecule has 2 heterocycles. The van der Waals surface area contributed by atoms with Crippen molar-refractivity contribution in [1.29, 1.82) is 0 Å². The number of aryl methyl sites for hydroxylation is 1. The Morgan fingerprint density at radius 1 is 1.22 bits per heavy atom. The Morgan fingerprint density at radius 2 is 1.87 bits per heavy atom. The second-order valence-electron chi connectivity index (χ2n) is 7.57. The minimum absolute atomic E-state index is 0.0317. The maximum absolute atomic E-state index is 12.5. The van der Waals surface area contributed by atoms with Crippen molar-refractivity contribution in [3.63, 3.8) is 0 Å². The van der Waals surface area contributed by atoms with Gasteiger partial charge in [0.15, 0.2) is 5.03 Å². The van der Waals surface area contributed by atoms with E-state index >= 15 is 0 Å². The van der Waals surface area contributed by atoms with E-state index in [-0.39, 0.29) is 22.1 Å². The van der Waals surface area contributed by atoms with Crippen molar-refractivity contribution in [1.82, 2.24) is 14.7 Å². The lowest BCUT2D eigenvalue weighted by Gasteiger charge is -2.36. The first-order chi connectivity index (χ1) is 10.7. The molecule has 0 bridgehead atoms. The maximum Gasteiger partial charge on any atom is 0.260 e. The zero-order chi connectivity index (χ0) is 16.7. The van der Waals surface area contributed by atoms with E-state index in [1.807, 2.05) is 0 Å². The summed E-state index contributed by atoms with van der Waals surface area (Å²) >= 11 is 0. The van der Waals surface area contributed by atoms with Gasteiger partial charge in [-0.15, -0.1) is 0 Å². The van der Waals surface area contributed by atoms with E-state index in [1.165, 1.54) is 12.4 Å². The van der Waals surface area contributed by atoms with Crippen LogP contribution in [0.15, 0.2) is 17.4 Å². The highest BCUT2D eigenvalue weighted by molar-refractivity contribution is 7.89. The van der Waals surface area contributed by atoms with Crippen molar-refractivity contribution in [2.24, 2.45) is 5.41 Å². The van der Waals surface area contributed by atoms with Gasteiger partial charge < -0.3 is 4.74 Å². The average molecular weight is 339 g/mol. The van der Waals surface area contributed by atoms with Gasteiger partial charge in [-0.25, -0.2) is 18.1 Å². The zero-order valence-electron chi connectivity index (χ0n) is 14.0. The second kappa shape index (κ2) is 5.79. The molecule has 23 heavy (non-hydrogen) atoms. The van der Waals surface area contributed by atoms with Gasteiger partial charge in [-0.2, -0.15) is 0 Å². The number of aromatic nitrogens is 2. The Morgan fingerprint density at radius 3 is 2.43 bits per heavy atom. The molecular weight excluding hydrogens is 314 g/mol. The van der Waals surface area contributed by atoms with Crippen molar-refractivity contribution >= 4 is 10.0 Å². The molecule has 0 unspecified atom stereocenters. The molecule has 6 nitrogen and oxygen atoms in total. The molecule has 2 fully saturated rings. The lowest BCUT2D eigenvalue weighted by atomic mass is 9.70. The molecule has 1 saturated heterocycles. The first kappa shape index (κ1) is 16.8. The molecule has 0 amide bonds. The molecule has 1 aliphatic heterocycles. The van der Waals surface area contributed by atoms with Crippen LogP contribution in [0.1, 0.15) is 51.6 Å². The predicted octanol–water partition coefficient (Wildman–Crippen LogP) is 2.19. The SMILES string of the molecule is Cc1nccnc1S(=O)(=O)NC1CCC2(CC1)COC(C)(C)C2. The minimum Gasteiger partial charge on any atom is -0.375 e. The van der Waals surface area contributed by atoms with Crippen LogP contribution in [-0.4, -0.2) is 36.6 Å². The van der Waals surface area contributed by atoms with Crippen LogP contribution in [0, 0.1) is 12.3 Å². The molecule has 2 aliphatic rings. The summed E-state index contributed by atoms with van der Waals surface area (Å²) in [5.74, 6) is 0. The van der Waals surface area contributed by atoms with Gasteiger partial charge in [0.2, 0.25) is 0 Å². The van der Waals surface area contributed by atoms with E-state index in [4.69, 9.17) is 4.74 Å². The van der Waals surface area contributed by atoms with Gasteiger partial charge in [0.1, 0.15) is 0 Å². The van der Waals surface area contributed by atoms with Gasteiger partial charge in [0.05, 0.1) is 17.9 Å². The Balaban J connectivity index is 1.64. The van der Waals surface area contributed by atoms with E-state index in [9.17, 15) is 8.42 Å². The maximum atomic E-state index is 12.5. The highest BCUT2D eigenvalue weighted by atomic mass is 32.2. The molecule has 1 aromatic rings. The summed E-state index contributed by atoms with van der Waals surface area (Å²) < 4.78 is 33.7. The van der Waals surface area contributed by atoms with Crippen LogP contribution in [0.25, 0.3) is 0 Å². The molecule has 0 atom stereocenters. The van der Waals surface area contributed by atoms with Gasteiger partial charge in [0.25, 0.3) is 10.0 Å². The largest absolute Gasteiger partial charge is 0.375 e. The highest BCUT2D eigenvalue weighted by Crippen LogP contribution is 2.48. The lowest BCUT2D eigenvalue weighted by Crippen LogP contribution is -2.41. The fourth-order valence-electron chi connectivity index (χ4n) is 3.96. The quantitative estimate of drug-likeness (QED) is 0.913. The normalized spacial score (nSPS) is 30.7. The van der Waals surface area contributed by atoms with Crippen molar-refractivity contribution in [3.05, 3.63) is 18.1 Å². The molecular formula is C16H25N3O3S. The number of rotatable bonds is 3. The zero-order valence-corrected chi connectivity index (χ0v) is 14.8. The predicted molar refractivity (Wildman–Crippen MR) is 86.4 cm³/mol. The lowest BCUT2D eigenvalue weighted by molar-refractivity contribution is 0.0280. The van der Waals surface area contributed by atoms with Crippen LogP contribution in [0.3, 0.4) is 0 Å². The summed E-state index contributed by atoms with van der Waals surface area (Å²) in [6, 6.07) is -0.0317. The van der Waals surface area contributed by atoms with Gasteiger partial charge in [-0.3, -0.25) is 4.98 Å². The van der Waals surface area contributed by atoms with Crippen LogP contribution in [0.2, 0.25) is 0 Å². The van der Waals surface area contributed by atoms with Crippen molar-refractivity contribution in [3.8, 4) is 0 Å². The highest BCUT2D eigenvalue weighted by Gasteiger charge is 2.46. The number of nitrogens with zero attached hydrogens (tertiary/aromatic N) is 2.